The van der Waals surface area contributed by atoms with Gasteiger partial charge in [-0.2, -0.15) is 0 Å². The Morgan fingerprint density at radius 3 is 3.00 bits per heavy atom. The highest BCUT2D eigenvalue weighted by Crippen LogP contribution is 2.14. The van der Waals surface area contributed by atoms with Crippen molar-refractivity contribution in [1.82, 2.24) is 4.98 Å². The Morgan fingerprint density at radius 2 is 2.38 bits per heavy atom. The molecule has 0 amide bonds. The maximum atomic E-state index is 10.7. The third-order valence-corrected chi connectivity index (χ3v) is 1.97. The number of nitrogens with one attached hydrogen (secondary N) is 1. The Labute approximate surface area is 98.6 Å². The van der Waals surface area contributed by atoms with Gasteiger partial charge in [0.05, 0.1) is 5.56 Å². The summed E-state index contributed by atoms with van der Waals surface area (Å²) < 4.78 is 0. The molecule has 0 aliphatic carbocycles. The van der Waals surface area contributed by atoms with Crippen molar-refractivity contribution < 1.29 is 9.90 Å². The number of carbonyl (C=O) groups is 1. The molecule has 0 aliphatic rings. The molecule has 1 aromatic heterocycles. The van der Waals surface area contributed by atoms with Gasteiger partial charge in [0.15, 0.2) is 0 Å². The van der Waals surface area contributed by atoms with Crippen LogP contribution in [0, 0.1) is 11.8 Å². The number of hydrogen-bond donors (Lipinski definition) is 2. The minimum absolute atomic E-state index is 0.115. The minimum atomic E-state index is -1.03. The number of aromatic carboxylic acids is 1. The molecule has 5 heteroatoms. The van der Waals surface area contributed by atoms with Crippen molar-refractivity contribution in [2.45, 2.75) is 13.3 Å². The number of pyridine rings is 1. The van der Waals surface area contributed by atoms with Gasteiger partial charge in [0.2, 0.25) is 0 Å². The van der Waals surface area contributed by atoms with E-state index in [1.54, 1.807) is 6.92 Å². The summed E-state index contributed by atoms with van der Waals surface area (Å²) in [6.07, 6.45) is 0.674. The zero-order chi connectivity index (χ0) is 12.0. The topological polar surface area (TPSA) is 62.2 Å². The molecule has 0 bridgehead atoms. The number of carboxylic acid groups (broad SMARTS) is 1. The first-order valence-electron chi connectivity index (χ1n) is 4.68. The van der Waals surface area contributed by atoms with Gasteiger partial charge in [0.1, 0.15) is 11.0 Å². The van der Waals surface area contributed by atoms with E-state index in [-0.39, 0.29) is 10.7 Å². The Morgan fingerprint density at radius 1 is 1.62 bits per heavy atom. The number of nitrogens with zero attached hydrogens (tertiary/aromatic N) is 1. The molecule has 0 spiro atoms. The average Bonchev–Trinajstić information content (AvgIpc) is 2.23. The highest BCUT2D eigenvalue weighted by atomic mass is 35.5. The van der Waals surface area contributed by atoms with Crippen LogP contribution >= 0.6 is 11.6 Å². The van der Waals surface area contributed by atoms with E-state index in [4.69, 9.17) is 16.7 Å². The first kappa shape index (κ1) is 12.3. The highest BCUT2D eigenvalue weighted by Gasteiger charge is 2.06. The molecule has 0 aromatic carbocycles. The SMILES string of the molecule is CC#CCCNc1cc(C(=O)O)cc(Cl)n1. The van der Waals surface area contributed by atoms with Gasteiger partial charge in [-0.25, -0.2) is 9.78 Å². The van der Waals surface area contributed by atoms with E-state index in [9.17, 15) is 4.79 Å². The first-order valence-corrected chi connectivity index (χ1v) is 5.05. The molecule has 4 nitrogen and oxygen atoms in total. The number of hydrogen-bond acceptors (Lipinski definition) is 3. The zero-order valence-corrected chi connectivity index (χ0v) is 9.51. The fourth-order valence-electron chi connectivity index (χ4n) is 1.09. The Bertz CT molecular complexity index is 449. The third kappa shape index (κ3) is 3.79. The van der Waals surface area contributed by atoms with Crippen LogP contribution in [-0.2, 0) is 0 Å². The molecule has 2 N–H and O–H groups in total. The largest absolute Gasteiger partial charge is 0.478 e. The summed E-state index contributed by atoms with van der Waals surface area (Å²) in [6.45, 7) is 2.37. The van der Waals surface area contributed by atoms with E-state index in [1.165, 1.54) is 12.1 Å². The van der Waals surface area contributed by atoms with Crippen molar-refractivity contribution in [3.63, 3.8) is 0 Å². The lowest BCUT2D eigenvalue weighted by atomic mass is 10.2. The summed E-state index contributed by atoms with van der Waals surface area (Å²) in [7, 11) is 0. The van der Waals surface area contributed by atoms with Crippen LogP contribution in [0.15, 0.2) is 12.1 Å². The molecule has 0 atom stereocenters. The molecule has 16 heavy (non-hydrogen) atoms. The van der Waals surface area contributed by atoms with Crippen molar-refractivity contribution >= 4 is 23.4 Å². The van der Waals surface area contributed by atoms with Gasteiger partial charge < -0.3 is 10.4 Å². The van der Waals surface area contributed by atoms with Crippen molar-refractivity contribution in [2.75, 3.05) is 11.9 Å². The van der Waals surface area contributed by atoms with E-state index >= 15 is 0 Å². The van der Waals surface area contributed by atoms with Crippen LogP contribution < -0.4 is 5.32 Å². The second kappa shape index (κ2) is 5.99. The Balaban J connectivity index is 2.71. The Kier molecular flexibility index (Phi) is 4.62. The van der Waals surface area contributed by atoms with E-state index in [2.05, 4.69) is 22.1 Å². The normalized spacial score (nSPS) is 9.12. The van der Waals surface area contributed by atoms with Gasteiger partial charge >= 0.3 is 5.97 Å². The molecule has 0 saturated carbocycles. The van der Waals surface area contributed by atoms with Crippen LogP contribution in [0.1, 0.15) is 23.7 Å². The quantitative estimate of drug-likeness (QED) is 0.480. The van der Waals surface area contributed by atoms with Crippen LogP contribution in [-0.4, -0.2) is 22.6 Å². The van der Waals surface area contributed by atoms with Gasteiger partial charge in [0, 0.05) is 13.0 Å². The standard InChI is InChI=1S/C11H11ClN2O2/c1-2-3-4-5-13-10-7-8(11(15)16)6-9(12)14-10/h6-7H,4-5H2,1H3,(H,13,14)(H,15,16). The predicted molar refractivity (Wildman–Crippen MR) is 62.8 cm³/mol. The van der Waals surface area contributed by atoms with E-state index in [0.717, 1.165) is 0 Å². The van der Waals surface area contributed by atoms with E-state index < -0.39 is 5.97 Å². The van der Waals surface area contributed by atoms with E-state index in [1.807, 2.05) is 0 Å². The molecular formula is C11H11ClN2O2. The monoisotopic (exact) mass is 238 g/mol. The number of aromatic nitrogens is 1. The van der Waals surface area contributed by atoms with Crippen LogP contribution in [0.4, 0.5) is 5.82 Å². The van der Waals surface area contributed by atoms with Gasteiger partial charge in [-0.1, -0.05) is 11.6 Å². The summed E-state index contributed by atoms with van der Waals surface area (Å²) in [6, 6.07) is 2.74. The maximum Gasteiger partial charge on any atom is 0.335 e. The van der Waals surface area contributed by atoms with Crippen LogP contribution in [0.25, 0.3) is 0 Å². The van der Waals surface area contributed by atoms with Gasteiger partial charge in [-0.05, 0) is 19.1 Å². The summed E-state index contributed by atoms with van der Waals surface area (Å²) in [4.78, 5) is 14.7. The van der Waals surface area contributed by atoms with Gasteiger partial charge in [0.25, 0.3) is 0 Å². The van der Waals surface area contributed by atoms with Crippen molar-refractivity contribution in [2.24, 2.45) is 0 Å². The smallest absolute Gasteiger partial charge is 0.335 e. The average molecular weight is 239 g/mol. The van der Waals surface area contributed by atoms with Crippen LogP contribution in [0.5, 0.6) is 0 Å². The first-order chi connectivity index (χ1) is 7.63. The summed E-state index contributed by atoms with van der Waals surface area (Å²) in [5.74, 6) is 5.07. The summed E-state index contributed by atoms with van der Waals surface area (Å²) in [5, 5.41) is 11.9. The molecule has 1 rings (SSSR count). The minimum Gasteiger partial charge on any atom is -0.478 e. The predicted octanol–water partition coefficient (Wildman–Crippen LogP) is 2.26. The highest BCUT2D eigenvalue weighted by molar-refractivity contribution is 6.29. The molecule has 0 aliphatic heterocycles. The number of halogens is 1. The third-order valence-electron chi connectivity index (χ3n) is 1.77. The van der Waals surface area contributed by atoms with Crippen LogP contribution in [0.3, 0.4) is 0 Å². The number of anilines is 1. The second-order valence-electron chi connectivity index (χ2n) is 2.97. The molecule has 0 saturated heterocycles. The fraction of sp³-hybridized carbons (Fsp3) is 0.273. The Hall–Kier alpha value is -1.73. The molecule has 0 radical (unpaired) electrons. The summed E-state index contributed by atoms with van der Waals surface area (Å²) >= 11 is 5.69. The molecule has 0 fully saturated rings. The lowest BCUT2D eigenvalue weighted by Crippen LogP contribution is -2.05. The molecular weight excluding hydrogens is 228 g/mol. The van der Waals surface area contributed by atoms with Crippen molar-refractivity contribution in [3.05, 3.63) is 22.8 Å². The lowest BCUT2D eigenvalue weighted by Gasteiger charge is -2.04. The van der Waals surface area contributed by atoms with E-state index in [0.29, 0.717) is 18.8 Å². The molecule has 1 aromatic rings. The summed E-state index contributed by atoms with van der Waals surface area (Å²) in [5.41, 5.74) is 0.115. The molecule has 0 unspecified atom stereocenters. The lowest BCUT2D eigenvalue weighted by molar-refractivity contribution is 0.0697. The van der Waals surface area contributed by atoms with Crippen molar-refractivity contribution in [1.29, 1.82) is 0 Å². The van der Waals surface area contributed by atoms with Gasteiger partial charge in [-0.15, -0.1) is 11.8 Å². The van der Waals surface area contributed by atoms with Crippen LogP contribution in [0.2, 0.25) is 5.15 Å². The molecule has 84 valence electrons. The number of rotatable bonds is 4. The maximum absolute atomic E-state index is 10.7. The molecule has 1 heterocycles. The van der Waals surface area contributed by atoms with Crippen molar-refractivity contribution in [3.8, 4) is 11.8 Å². The van der Waals surface area contributed by atoms with Gasteiger partial charge in [-0.3, -0.25) is 0 Å². The zero-order valence-electron chi connectivity index (χ0n) is 8.75. The fourth-order valence-corrected chi connectivity index (χ4v) is 1.30. The number of carboxylic acids is 1. The second-order valence-corrected chi connectivity index (χ2v) is 3.36.